The van der Waals surface area contributed by atoms with Crippen LogP contribution in [0.1, 0.15) is 25.8 Å². The van der Waals surface area contributed by atoms with E-state index in [1.54, 1.807) is 0 Å². The van der Waals surface area contributed by atoms with Gasteiger partial charge in [-0.05, 0) is 17.4 Å². The van der Waals surface area contributed by atoms with Crippen LogP contribution in [0.3, 0.4) is 0 Å². The monoisotopic (exact) mass is 305 g/mol. The van der Waals surface area contributed by atoms with Crippen LogP contribution in [-0.2, 0) is 20.9 Å². The van der Waals surface area contributed by atoms with Crippen LogP contribution < -0.4 is 5.73 Å². The molecule has 1 aromatic carbocycles. The highest BCUT2D eigenvalue weighted by Crippen LogP contribution is 2.14. The van der Waals surface area contributed by atoms with Gasteiger partial charge in [0.2, 0.25) is 0 Å². The largest absolute Gasteiger partial charge is 0.469 e. The summed E-state index contributed by atoms with van der Waals surface area (Å²) < 4.78 is 10.3. The van der Waals surface area contributed by atoms with E-state index in [1.165, 1.54) is 7.11 Å². The lowest BCUT2D eigenvalue weighted by Crippen LogP contribution is -2.36. The minimum absolute atomic E-state index is 0.00956. The third-order valence-corrected chi connectivity index (χ3v) is 3.71. The number of rotatable bonds is 9. The standard InChI is InChI=1S/C18H27NO3/c1-14(8-7-11-17(20)21-3)18(19)15(2)12-22-13-16-9-5-4-6-10-16/h4-10,14-15,18H,11-13,19H2,1-3H3/b8-7+/t14-,15-,18-/m0/s1. The molecular formula is C18H27NO3. The maximum absolute atomic E-state index is 11.0. The van der Waals surface area contributed by atoms with Crippen molar-refractivity contribution in [2.24, 2.45) is 17.6 Å². The molecule has 3 atom stereocenters. The average molecular weight is 305 g/mol. The molecule has 2 N–H and O–H groups in total. The second-order valence-corrected chi connectivity index (χ2v) is 5.62. The highest BCUT2D eigenvalue weighted by molar-refractivity contribution is 5.70. The maximum Gasteiger partial charge on any atom is 0.309 e. The zero-order valence-corrected chi connectivity index (χ0v) is 13.7. The Labute approximate surface area is 133 Å². The van der Waals surface area contributed by atoms with Crippen molar-refractivity contribution in [3.63, 3.8) is 0 Å². The van der Waals surface area contributed by atoms with E-state index in [1.807, 2.05) is 49.4 Å². The summed E-state index contributed by atoms with van der Waals surface area (Å²) in [5.41, 5.74) is 7.40. The zero-order valence-electron chi connectivity index (χ0n) is 13.7. The molecule has 1 aromatic rings. The molecule has 4 heteroatoms. The summed E-state index contributed by atoms with van der Waals surface area (Å²) in [4.78, 5) is 11.0. The summed E-state index contributed by atoms with van der Waals surface area (Å²) >= 11 is 0. The summed E-state index contributed by atoms with van der Waals surface area (Å²) in [6.07, 6.45) is 4.07. The first-order valence-corrected chi connectivity index (χ1v) is 7.65. The van der Waals surface area contributed by atoms with Gasteiger partial charge in [-0.2, -0.15) is 0 Å². The van der Waals surface area contributed by atoms with Crippen LogP contribution in [0.4, 0.5) is 0 Å². The SMILES string of the molecule is COC(=O)C/C=C/[C@H](C)[C@H](N)[C@@H](C)COCc1ccccc1. The van der Waals surface area contributed by atoms with Gasteiger partial charge in [0, 0.05) is 6.04 Å². The fourth-order valence-corrected chi connectivity index (χ4v) is 2.16. The predicted octanol–water partition coefficient (Wildman–Crippen LogP) is 2.92. The van der Waals surface area contributed by atoms with E-state index in [2.05, 4.69) is 11.7 Å². The molecule has 1 rings (SSSR count). The van der Waals surface area contributed by atoms with E-state index in [0.717, 1.165) is 5.56 Å². The van der Waals surface area contributed by atoms with Gasteiger partial charge in [-0.25, -0.2) is 0 Å². The minimum atomic E-state index is -0.240. The van der Waals surface area contributed by atoms with Gasteiger partial charge in [0.1, 0.15) is 0 Å². The summed E-state index contributed by atoms with van der Waals surface area (Å²) in [7, 11) is 1.39. The molecule has 0 bridgehead atoms. The molecule has 0 heterocycles. The topological polar surface area (TPSA) is 61.5 Å². The highest BCUT2D eigenvalue weighted by Gasteiger charge is 2.18. The molecule has 0 radical (unpaired) electrons. The highest BCUT2D eigenvalue weighted by atomic mass is 16.5. The van der Waals surface area contributed by atoms with E-state index in [-0.39, 0.29) is 30.3 Å². The number of carbonyl (C=O) groups is 1. The number of nitrogens with two attached hydrogens (primary N) is 1. The molecule has 0 unspecified atom stereocenters. The first kappa shape index (κ1) is 18.4. The van der Waals surface area contributed by atoms with Gasteiger partial charge < -0.3 is 15.2 Å². The molecule has 0 aromatic heterocycles. The van der Waals surface area contributed by atoms with Crippen LogP contribution in [0.15, 0.2) is 42.5 Å². The van der Waals surface area contributed by atoms with Gasteiger partial charge in [-0.15, -0.1) is 0 Å². The van der Waals surface area contributed by atoms with Gasteiger partial charge in [-0.1, -0.05) is 56.3 Å². The van der Waals surface area contributed by atoms with Gasteiger partial charge >= 0.3 is 5.97 Å². The van der Waals surface area contributed by atoms with E-state index in [0.29, 0.717) is 13.2 Å². The smallest absolute Gasteiger partial charge is 0.309 e. The number of carbonyl (C=O) groups excluding carboxylic acids is 1. The third-order valence-electron chi connectivity index (χ3n) is 3.71. The molecule has 0 saturated carbocycles. The van der Waals surface area contributed by atoms with Crippen LogP contribution >= 0.6 is 0 Å². The summed E-state index contributed by atoms with van der Waals surface area (Å²) in [6, 6.07) is 10.1. The number of esters is 1. The lowest BCUT2D eigenvalue weighted by Gasteiger charge is -2.24. The number of hydrogen-bond donors (Lipinski definition) is 1. The Balaban J connectivity index is 2.31. The Morgan fingerprint density at radius 3 is 2.59 bits per heavy atom. The van der Waals surface area contributed by atoms with Crippen molar-refractivity contribution in [3.05, 3.63) is 48.0 Å². The normalized spacial score (nSPS) is 15.5. The van der Waals surface area contributed by atoms with Gasteiger partial charge in [-0.3, -0.25) is 4.79 Å². The summed E-state index contributed by atoms with van der Waals surface area (Å²) in [5.74, 6) is 0.178. The van der Waals surface area contributed by atoms with Crippen molar-refractivity contribution in [1.82, 2.24) is 0 Å². The Hall–Kier alpha value is -1.65. The summed E-state index contributed by atoms with van der Waals surface area (Å²) in [6.45, 7) is 5.35. The molecule has 0 saturated heterocycles. The van der Waals surface area contributed by atoms with Crippen LogP contribution in [0.5, 0.6) is 0 Å². The van der Waals surface area contributed by atoms with E-state index in [9.17, 15) is 4.79 Å². The Kier molecular flexibility index (Phi) is 8.48. The fraction of sp³-hybridized carbons (Fsp3) is 0.500. The van der Waals surface area contributed by atoms with Gasteiger partial charge in [0.15, 0.2) is 0 Å². The van der Waals surface area contributed by atoms with Crippen molar-refractivity contribution < 1.29 is 14.3 Å². The first-order chi connectivity index (χ1) is 10.5. The molecule has 22 heavy (non-hydrogen) atoms. The molecule has 122 valence electrons. The van der Waals surface area contributed by atoms with Crippen LogP contribution in [0.25, 0.3) is 0 Å². The minimum Gasteiger partial charge on any atom is -0.469 e. The molecule has 4 nitrogen and oxygen atoms in total. The van der Waals surface area contributed by atoms with Crippen molar-refractivity contribution in [1.29, 1.82) is 0 Å². The Morgan fingerprint density at radius 2 is 1.95 bits per heavy atom. The number of hydrogen-bond acceptors (Lipinski definition) is 4. The van der Waals surface area contributed by atoms with Crippen LogP contribution in [0.2, 0.25) is 0 Å². The fourth-order valence-electron chi connectivity index (χ4n) is 2.16. The molecule has 0 aliphatic carbocycles. The first-order valence-electron chi connectivity index (χ1n) is 7.65. The van der Waals surface area contributed by atoms with Crippen LogP contribution in [-0.4, -0.2) is 25.7 Å². The number of benzene rings is 1. The van der Waals surface area contributed by atoms with Gasteiger partial charge in [0.05, 0.1) is 26.7 Å². The predicted molar refractivity (Wildman–Crippen MR) is 88.2 cm³/mol. The average Bonchev–Trinajstić information content (AvgIpc) is 2.54. The lowest BCUT2D eigenvalue weighted by atomic mass is 9.91. The van der Waals surface area contributed by atoms with Crippen molar-refractivity contribution in [2.45, 2.75) is 32.9 Å². The zero-order chi connectivity index (χ0) is 16.4. The Bertz CT molecular complexity index is 459. The molecule has 0 spiro atoms. The van der Waals surface area contributed by atoms with Crippen molar-refractivity contribution in [2.75, 3.05) is 13.7 Å². The Morgan fingerprint density at radius 1 is 1.27 bits per heavy atom. The summed E-state index contributed by atoms with van der Waals surface area (Å²) in [5, 5.41) is 0. The molecule has 0 fully saturated rings. The lowest BCUT2D eigenvalue weighted by molar-refractivity contribution is -0.139. The second kappa shape index (κ2) is 10.1. The van der Waals surface area contributed by atoms with E-state index in [4.69, 9.17) is 10.5 Å². The molecule has 0 amide bonds. The van der Waals surface area contributed by atoms with Gasteiger partial charge in [0.25, 0.3) is 0 Å². The number of ether oxygens (including phenoxy) is 2. The van der Waals surface area contributed by atoms with E-state index < -0.39 is 0 Å². The molecule has 0 aliphatic heterocycles. The van der Waals surface area contributed by atoms with Crippen LogP contribution in [0, 0.1) is 11.8 Å². The number of methoxy groups -OCH3 is 1. The van der Waals surface area contributed by atoms with Crippen molar-refractivity contribution >= 4 is 5.97 Å². The maximum atomic E-state index is 11.0. The second-order valence-electron chi connectivity index (χ2n) is 5.62. The quantitative estimate of drug-likeness (QED) is 0.563. The third kappa shape index (κ3) is 6.87. The molecule has 0 aliphatic rings. The van der Waals surface area contributed by atoms with Crippen molar-refractivity contribution in [3.8, 4) is 0 Å². The molecular weight excluding hydrogens is 278 g/mol. The van der Waals surface area contributed by atoms with E-state index >= 15 is 0 Å².